The molecule has 1 aliphatic carbocycles. The van der Waals surface area contributed by atoms with Crippen molar-refractivity contribution < 1.29 is 4.79 Å². The van der Waals surface area contributed by atoms with Gasteiger partial charge in [-0.2, -0.15) is 0 Å². The first kappa shape index (κ1) is 12.8. The van der Waals surface area contributed by atoms with Crippen LogP contribution in [-0.2, 0) is 0 Å². The first-order valence-electron chi connectivity index (χ1n) is 5.99. The molecule has 92 valence electrons. The smallest absolute Gasteiger partial charge is 0.251 e. The van der Waals surface area contributed by atoms with Gasteiger partial charge in [-0.15, -0.1) is 0 Å². The van der Waals surface area contributed by atoms with Gasteiger partial charge in [0.2, 0.25) is 0 Å². The molecular formula is C13H17IN2O. The lowest BCUT2D eigenvalue weighted by Gasteiger charge is -2.29. The molecule has 1 aliphatic rings. The van der Waals surface area contributed by atoms with Gasteiger partial charge in [0.25, 0.3) is 5.91 Å². The van der Waals surface area contributed by atoms with Crippen molar-refractivity contribution in [3.8, 4) is 0 Å². The third-order valence-electron chi connectivity index (χ3n) is 3.24. The summed E-state index contributed by atoms with van der Waals surface area (Å²) in [6.45, 7) is 0. The van der Waals surface area contributed by atoms with Crippen LogP contribution in [0.25, 0.3) is 0 Å². The lowest BCUT2D eigenvalue weighted by atomic mass is 9.91. The molecule has 3 N–H and O–H groups in total. The summed E-state index contributed by atoms with van der Waals surface area (Å²) in [5.74, 6) is -0.0104. The van der Waals surface area contributed by atoms with E-state index >= 15 is 0 Å². The van der Waals surface area contributed by atoms with E-state index in [-0.39, 0.29) is 18.0 Å². The molecule has 0 spiro atoms. The van der Waals surface area contributed by atoms with Gasteiger partial charge in [0.15, 0.2) is 0 Å². The maximum Gasteiger partial charge on any atom is 0.251 e. The molecule has 0 radical (unpaired) electrons. The minimum atomic E-state index is -0.0104. The van der Waals surface area contributed by atoms with Crippen LogP contribution >= 0.6 is 22.6 Å². The molecule has 0 heterocycles. The molecule has 4 heteroatoms. The third kappa shape index (κ3) is 3.42. The van der Waals surface area contributed by atoms with E-state index in [1.54, 1.807) is 0 Å². The number of carbonyl (C=O) groups is 1. The van der Waals surface area contributed by atoms with Gasteiger partial charge >= 0.3 is 0 Å². The van der Waals surface area contributed by atoms with Crippen molar-refractivity contribution in [3.05, 3.63) is 33.4 Å². The molecule has 0 saturated heterocycles. The Morgan fingerprint density at radius 2 is 1.88 bits per heavy atom. The Morgan fingerprint density at radius 1 is 1.24 bits per heavy atom. The normalized spacial score (nSPS) is 24.4. The second-order valence-electron chi connectivity index (χ2n) is 4.54. The predicted octanol–water partition coefficient (Wildman–Crippen LogP) is 2.29. The molecule has 0 aromatic heterocycles. The van der Waals surface area contributed by atoms with Crippen LogP contribution < -0.4 is 11.1 Å². The summed E-state index contributed by atoms with van der Waals surface area (Å²) < 4.78 is 1.13. The third-order valence-corrected chi connectivity index (χ3v) is 3.96. The van der Waals surface area contributed by atoms with E-state index in [0.29, 0.717) is 5.56 Å². The number of halogens is 1. The zero-order chi connectivity index (χ0) is 12.3. The molecule has 2 atom stereocenters. The average molecular weight is 344 g/mol. The zero-order valence-corrected chi connectivity index (χ0v) is 11.8. The highest BCUT2D eigenvalue weighted by Crippen LogP contribution is 2.17. The van der Waals surface area contributed by atoms with Gasteiger partial charge in [0.05, 0.1) is 0 Å². The van der Waals surface area contributed by atoms with E-state index in [1.165, 1.54) is 6.42 Å². The van der Waals surface area contributed by atoms with E-state index in [9.17, 15) is 4.79 Å². The van der Waals surface area contributed by atoms with Crippen LogP contribution in [0.5, 0.6) is 0 Å². The van der Waals surface area contributed by atoms with Crippen molar-refractivity contribution in [2.75, 3.05) is 0 Å². The fourth-order valence-electron chi connectivity index (χ4n) is 2.19. The molecule has 1 aromatic carbocycles. The lowest BCUT2D eigenvalue weighted by Crippen LogP contribution is -2.49. The highest BCUT2D eigenvalue weighted by Gasteiger charge is 2.23. The number of benzene rings is 1. The summed E-state index contributed by atoms with van der Waals surface area (Å²) in [7, 11) is 0. The Kier molecular flexibility index (Phi) is 4.39. The SMILES string of the molecule is N[C@@H]1CCCC[C@H]1NC(=O)c1ccc(I)cc1. The van der Waals surface area contributed by atoms with Gasteiger partial charge in [-0.1, -0.05) is 12.8 Å². The predicted molar refractivity (Wildman–Crippen MR) is 76.9 cm³/mol. The molecule has 0 bridgehead atoms. The topological polar surface area (TPSA) is 55.1 Å². The standard InChI is InChI=1S/C13H17IN2O/c14-10-7-5-9(6-8-10)13(17)16-12-4-2-1-3-11(12)15/h5-8,11-12H,1-4,15H2,(H,16,17)/t11-,12-/m1/s1. The van der Waals surface area contributed by atoms with Crippen LogP contribution in [0.15, 0.2) is 24.3 Å². The minimum Gasteiger partial charge on any atom is -0.348 e. The number of nitrogens with two attached hydrogens (primary N) is 1. The fraction of sp³-hybridized carbons (Fsp3) is 0.462. The average Bonchev–Trinajstić information content (AvgIpc) is 2.33. The molecule has 1 fully saturated rings. The summed E-state index contributed by atoms with van der Waals surface area (Å²) in [6.07, 6.45) is 4.34. The first-order valence-corrected chi connectivity index (χ1v) is 7.07. The quantitative estimate of drug-likeness (QED) is 0.809. The number of carbonyl (C=O) groups excluding carboxylic acids is 1. The molecule has 1 saturated carbocycles. The van der Waals surface area contributed by atoms with E-state index in [2.05, 4.69) is 27.9 Å². The van der Waals surface area contributed by atoms with E-state index in [4.69, 9.17) is 5.73 Å². The Morgan fingerprint density at radius 3 is 2.53 bits per heavy atom. The van der Waals surface area contributed by atoms with Crippen molar-refractivity contribution >= 4 is 28.5 Å². The molecule has 0 aliphatic heterocycles. The minimum absolute atomic E-state index is 0.0104. The Hall–Kier alpha value is -0.620. The molecule has 17 heavy (non-hydrogen) atoms. The Labute approximate surface area is 115 Å². The second kappa shape index (κ2) is 5.82. The molecule has 1 aromatic rings. The molecule has 0 unspecified atom stereocenters. The molecular weight excluding hydrogens is 327 g/mol. The first-order chi connectivity index (χ1) is 8.16. The summed E-state index contributed by atoms with van der Waals surface area (Å²) in [5.41, 5.74) is 6.72. The Balaban J connectivity index is 1.98. The number of rotatable bonds is 2. The number of amides is 1. The fourth-order valence-corrected chi connectivity index (χ4v) is 2.55. The van der Waals surface area contributed by atoms with Gasteiger partial charge < -0.3 is 11.1 Å². The van der Waals surface area contributed by atoms with Gasteiger partial charge in [-0.25, -0.2) is 0 Å². The second-order valence-corrected chi connectivity index (χ2v) is 5.78. The zero-order valence-electron chi connectivity index (χ0n) is 9.66. The van der Waals surface area contributed by atoms with Crippen molar-refractivity contribution in [2.45, 2.75) is 37.8 Å². The summed E-state index contributed by atoms with van der Waals surface area (Å²) in [4.78, 5) is 12.0. The molecule has 3 nitrogen and oxygen atoms in total. The van der Waals surface area contributed by atoms with Crippen molar-refractivity contribution in [1.29, 1.82) is 0 Å². The lowest BCUT2D eigenvalue weighted by molar-refractivity contribution is 0.0921. The molecule has 2 rings (SSSR count). The van der Waals surface area contributed by atoms with Crippen molar-refractivity contribution in [1.82, 2.24) is 5.32 Å². The number of nitrogens with one attached hydrogen (secondary N) is 1. The van der Waals surface area contributed by atoms with E-state index in [0.717, 1.165) is 22.8 Å². The van der Waals surface area contributed by atoms with Crippen LogP contribution in [0.4, 0.5) is 0 Å². The Bertz CT molecular complexity index is 391. The summed E-state index contributed by atoms with van der Waals surface area (Å²) >= 11 is 2.23. The van der Waals surface area contributed by atoms with Crippen LogP contribution in [-0.4, -0.2) is 18.0 Å². The van der Waals surface area contributed by atoms with Crippen molar-refractivity contribution in [3.63, 3.8) is 0 Å². The van der Waals surface area contributed by atoms with Gasteiger partial charge in [0, 0.05) is 21.2 Å². The van der Waals surface area contributed by atoms with Gasteiger partial charge in [-0.05, 0) is 59.7 Å². The van der Waals surface area contributed by atoms with E-state index < -0.39 is 0 Å². The summed E-state index contributed by atoms with van der Waals surface area (Å²) in [6, 6.07) is 7.83. The van der Waals surface area contributed by atoms with Crippen LogP contribution in [0, 0.1) is 3.57 Å². The van der Waals surface area contributed by atoms with Crippen LogP contribution in [0.3, 0.4) is 0 Å². The monoisotopic (exact) mass is 344 g/mol. The van der Waals surface area contributed by atoms with Crippen molar-refractivity contribution in [2.24, 2.45) is 5.73 Å². The maximum absolute atomic E-state index is 12.0. The number of hydrogen-bond donors (Lipinski definition) is 2. The highest BCUT2D eigenvalue weighted by atomic mass is 127. The largest absolute Gasteiger partial charge is 0.348 e. The van der Waals surface area contributed by atoms with Gasteiger partial charge in [-0.3, -0.25) is 4.79 Å². The van der Waals surface area contributed by atoms with Crippen LogP contribution in [0.2, 0.25) is 0 Å². The summed E-state index contributed by atoms with van der Waals surface area (Å²) in [5, 5.41) is 3.04. The van der Waals surface area contributed by atoms with Crippen LogP contribution in [0.1, 0.15) is 36.0 Å². The van der Waals surface area contributed by atoms with E-state index in [1.807, 2.05) is 24.3 Å². The number of hydrogen-bond acceptors (Lipinski definition) is 2. The maximum atomic E-state index is 12.0. The van der Waals surface area contributed by atoms with Gasteiger partial charge in [0.1, 0.15) is 0 Å². The molecule has 1 amide bonds. The highest BCUT2D eigenvalue weighted by molar-refractivity contribution is 14.1.